The molecule has 1 unspecified atom stereocenters. The molecule has 1 aromatic heterocycles. The van der Waals surface area contributed by atoms with Crippen LogP contribution in [0.4, 0.5) is 0 Å². The number of carbonyl (C=O) groups is 2. The van der Waals surface area contributed by atoms with E-state index in [1.807, 2.05) is 30.3 Å². The summed E-state index contributed by atoms with van der Waals surface area (Å²) in [7, 11) is 1.71. The van der Waals surface area contributed by atoms with Crippen molar-refractivity contribution in [2.24, 2.45) is 7.05 Å². The Morgan fingerprint density at radius 3 is 2.57 bits per heavy atom. The van der Waals surface area contributed by atoms with Crippen molar-refractivity contribution in [3.05, 3.63) is 58.9 Å². The molecule has 0 fully saturated rings. The second-order valence-corrected chi connectivity index (χ2v) is 6.80. The van der Waals surface area contributed by atoms with E-state index in [-0.39, 0.29) is 11.2 Å². The van der Waals surface area contributed by atoms with Gasteiger partial charge >= 0.3 is 0 Å². The molecule has 5 nitrogen and oxygen atoms in total. The molecule has 2 N–H and O–H groups in total. The average Bonchev–Trinajstić information content (AvgIpc) is 2.89. The Bertz CT molecular complexity index is 688. The van der Waals surface area contributed by atoms with E-state index in [2.05, 4.69) is 10.9 Å². The molecule has 7 heteroatoms. The SMILES string of the molecule is CC(SCc1ccccc1)C(=O)NNC(=O)c1cc(Cl)cn1C. The van der Waals surface area contributed by atoms with Gasteiger partial charge in [0.1, 0.15) is 5.69 Å². The van der Waals surface area contributed by atoms with Crippen molar-refractivity contribution in [2.45, 2.75) is 17.9 Å². The molecule has 0 saturated heterocycles. The summed E-state index contributed by atoms with van der Waals surface area (Å²) in [5, 5.41) is 0.184. The topological polar surface area (TPSA) is 63.1 Å². The molecular formula is C16H18ClN3O2S. The van der Waals surface area contributed by atoms with Crippen LogP contribution < -0.4 is 10.9 Å². The van der Waals surface area contributed by atoms with Crippen molar-refractivity contribution in [1.82, 2.24) is 15.4 Å². The van der Waals surface area contributed by atoms with E-state index < -0.39 is 5.91 Å². The van der Waals surface area contributed by atoms with Crippen LogP contribution in [0.5, 0.6) is 0 Å². The Balaban J connectivity index is 1.79. The van der Waals surface area contributed by atoms with E-state index in [1.165, 1.54) is 17.8 Å². The van der Waals surface area contributed by atoms with Crippen LogP contribution in [-0.2, 0) is 17.6 Å². The molecule has 0 bridgehead atoms. The fraction of sp³-hybridized carbons (Fsp3) is 0.250. The smallest absolute Gasteiger partial charge is 0.286 e. The molecule has 0 aliphatic carbocycles. The molecule has 0 saturated carbocycles. The summed E-state index contributed by atoms with van der Waals surface area (Å²) in [5.41, 5.74) is 6.37. The van der Waals surface area contributed by atoms with Gasteiger partial charge < -0.3 is 4.57 Å². The molecule has 23 heavy (non-hydrogen) atoms. The monoisotopic (exact) mass is 351 g/mol. The fourth-order valence-corrected chi connectivity index (χ4v) is 3.00. The van der Waals surface area contributed by atoms with Crippen molar-refractivity contribution in [1.29, 1.82) is 0 Å². The van der Waals surface area contributed by atoms with Crippen LogP contribution in [0, 0.1) is 0 Å². The molecule has 2 amide bonds. The van der Waals surface area contributed by atoms with Gasteiger partial charge in [-0.3, -0.25) is 20.4 Å². The highest BCUT2D eigenvalue weighted by molar-refractivity contribution is 7.99. The van der Waals surface area contributed by atoms with Gasteiger partial charge in [0.15, 0.2) is 0 Å². The molecule has 2 rings (SSSR count). The standard InChI is InChI=1S/C16H18ClN3O2S/c1-11(23-10-12-6-4-3-5-7-12)15(21)18-19-16(22)14-8-13(17)9-20(14)2/h3-9,11H,10H2,1-2H3,(H,18,21)(H,19,22). The van der Waals surface area contributed by atoms with Crippen LogP contribution in [-0.4, -0.2) is 21.6 Å². The minimum atomic E-state index is -0.409. The number of halogens is 1. The Hall–Kier alpha value is -1.92. The van der Waals surface area contributed by atoms with Crippen LogP contribution in [0.2, 0.25) is 5.02 Å². The Morgan fingerprint density at radius 2 is 1.96 bits per heavy atom. The predicted molar refractivity (Wildman–Crippen MR) is 93.2 cm³/mol. The van der Waals surface area contributed by atoms with Gasteiger partial charge in [0, 0.05) is 19.0 Å². The van der Waals surface area contributed by atoms with E-state index in [1.54, 1.807) is 24.7 Å². The number of nitrogens with one attached hydrogen (secondary N) is 2. The van der Waals surface area contributed by atoms with E-state index >= 15 is 0 Å². The number of nitrogens with zero attached hydrogens (tertiary/aromatic N) is 1. The van der Waals surface area contributed by atoms with E-state index in [0.717, 1.165) is 11.3 Å². The zero-order chi connectivity index (χ0) is 16.8. The third-order valence-electron chi connectivity index (χ3n) is 3.22. The minimum absolute atomic E-state index is 0.250. The highest BCUT2D eigenvalue weighted by atomic mass is 35.5. The van der Waals surface area contributed by atoms with Gasteiger partial charge in [-0.25, -0.2) is 0 Å². The van der Waals surface area contributed by atoms with Crippen LogP contribution in [0.25, 0.3) is 0 Å². The molecule has 2 aromatic rings. The van der Waals surface area contributed by atoms with Crippen LogP contribution in [0.15, 0.2) is 42.6 Å². The Labute approximate surface area is 144 Å². The van der Waals surface area contributed by atoms with E-state index in [9.17, 15) is 9.59 Å². The predicted octanol–water partition coefficient (Wildman–Crippen LogP) is 2.76. The lowest BCUT2D eigenvalue weighted by Gasteiger charge is -2.13. The molecular weight excluding hydrogens is 334 g/mol. The molecule has 122 valence electrons. The molecule has 0 radical (unpaired) electrons. The summed E-state index contributed by atoms with van der Waals surface area (Å²) in [5.74, 6) is 0.0733. The van der Waals surface area contributed by atoms with Gasteiger partial charge in [0.2, 0.25) is 0 Å². The maximum Gasteiger partial charge on any atom is 0.286 e. The quantitative estimate of drug-likeness (QED) is 0.814. The van der Waals surface area contributed by atoms with Crippen molar-refractivity contribution in [2.75, 3.05) is 0 Å². The summed E-state index contributed by atoms with van der Waals surface area (Å²) in [6, 6.07) is 11.4. The average molecular weight is 352 g/mol. The zero-order valence-corrected chi connectivity index (χ0v) is 14.4. The van der Waals surface area contributed by atoms with Crippen molar-refractivity contribution >= 4 is 35.2 Å². The van der Waals surface area contributed by atoms with Gasteiger partial charge in [-0.05, 0) is 18.6 Å². The van der Waals surface area contributed by atoms with Gasteiger partial charge in [0.05, 0.1) is 10.3 Å². The van der Waals surface area contributed by atoms with Crippen LogP contribution >= 0.6 is 23.4 Å². The van der Waals surface area contributed by atoms with Crippen LogP contribution in [0.1, 0.15) is 23.0 Å². The van der Waals surface area contributed by atoms with E-state index in [4.69, 9.17) is 11.6 Å². The first-order valence-electron chi connectivity index (χ1n) is 7.05. The number of hydrogen-bond donors (Lipinski definition) is 2. The lowest BCUT2D eigenvalue weighted by atomic mass is 10.2. The maximum absolute atomic E-state index is 12.0. The summed E-state index contributed by atoms with van der Waals surface area (Å²) >= 11 is 7.33. The van der Waals surface area contributed by atoms with Gasteiger partial charge in [-0.1, -0.05) is 41.9 Å². The second-order valence-electron chi connectivity index (χ2n) is 5.04. The minimum Gasteiger partial charge on any atom is -0.345 e. The van der Waals surface area contributed by atoms with Crippen LogP contribution in [0.3, 0.4) is 0 Å². The lowest BCUT2D eigenvalue weighted by molar-refractivity contribution is -0.121. The third kappa shape index (κ3) is 5.04. The lowest BCUT2D eigenvalue weighted by Crippen LogP contribution is -2.45. The summed E-state index contributed by atoms with van der Waals surface area (Å²) < 4.78 is 1.59. The molecule has 0 aliphatic rings. The van der Waals surface area contributed by atoms with Gasteiger partial charge in [-0.15, -0.1) is 11.8 Å². The summed E-state index contributed by atoms with van der Waals surface area (Å²) in [6.07, 6.45) is 1.62. The Morgan fingerprint density at radius 1 is 1.26 bits per heavy atom. The summed E-state index contributed by atoms with van der Waals surface area (Å²) in [6.45, 7) is 1.80. The third-order valence-corrected chi connectivity index (χ3v) is 4.64. The number of hydrogen-bond acceptors (Lipinski definition) is 3. The van der Waals surface area contributed by atoms with E-state index in [0.29, 0.717) is 10.7 Å². The number of thioether (sulfide) groups is 1. The molecule has 0 spiro atoms. The number of aryl methyl sites for hydroxylation is 1. The zero-order valence-electron chi connectivity index (χ0n) is 12.9. The number of benzene rings is 1. The first kappa shape index (κ1) is 17.4. The van der Waals surface area contributed by atoms with Crippen molar-refractivity contribution in [3.8, 4) is 0 Å². The number of rotatable bonds is 5. The molecule has 1 atom stereocenters. The molecule has 1 aromatic carbocycles. The number of aromatic nitrogens is 1. The maximum atomic E-state index is 12.0. The number of hydrazine groups is 1. The second kappa shape index (κ2) is 8.08. The first-order chi connectivity index (χ1) is 11.0. The highest BCUT2D eigenvalue weighted by Crippen LogP contribution is 2.17. The summed E-state index contributed by atoms with van der Waals surface area (Å²) in [4.78, 5) is 24.0. The molecule has 0 aliphatic heterocycles. The molecule has 1 heterocycles. The number of amides is 2. The van der Waals surface area contributed by atoms with Gasteiger partial charge in [-0.2, -0.15) is 0 Å². The fourth-order valence-electron chi connectivity index (χ4n) is 1.91. The Kier molecular flexibility index (Phi) is 6.12. The number of carbonyl (C=O) groups excluding carboxylic acids is 2. The normalized spacial score (nSPS) is 11.8. The van der Waals surface area contributed by atoms with Gasteiger partial charge in [0.25, 0.3) is 11.8 Å². The van der Waals surface area contributed by atoms with Crippen molar-refractivity contribution < 1.29 is 9.59 Å². The largest absolute Gasteiger partial charge is 0.345 e. The van der Waals surface area contributed by atoms with Crippen molar-refractivity contribution in [3.63, 3.8) is 0 Å². The first-order valence-corrected chi connectivity index (χ1v) is 8.47. The highest BCUT2D eigenvalue weighted by Gasteiger charge is 2.16.